The maximum atomic E-state index is 11.2. The monoisotopic (exact) mass is 233 g/mol. The van der Waals surface area contributed by atoms with Crippen LogP contribution in [-0.4, -0.2) is 54.5 Å². The molecule has 0 aliphatic carbocycles. The predicted octanol–water partition coefficient (Wildman–Crippen LogP) is -1.27. The van der Waals surface area contributed by atoms with Crippen molar-refractivity contribution in [1.82, 2.24) is 16.0 Å². The highest BCUT2D eigenvalue weighted by molar-refractivity contribution is 5.82. The molecule has 0 unspecified atom stereocenters. The number of nitrogens with one attached hydrogen (secondary N) is 3. The van der Waals surface area contributed by atoms with Gasteiger partial charge in [0.1, 0.15) is 0 Å². The maximum absolute atomic E-state index is 11.2. The van der Waals surface area contributed by atoms with Gasteiger partial charge in [-0.15, -0.1) is 0 Å². The fraction of sp³-hybridized carbons (Fsp3) is 0.778. The molecule has 0 aliphatic rings. The molecule has 0 aliphatic heterocycles. The molecule has 94 valence electrons. The zero-order valence-electron chi connectivity index (χ0n) is 9.49. The molecule has 16 heavy (non-hydrogen) atoms. The van der Waals surface area contributed by atoms with Gasteiger partial charge < -0.3 is 26.2 Å². The lowest BCUT2D eigenvalue weighted by molar-refractivity contribution is -0.141. The number of carbonyl (C=O) groups excluding carboxylic acids is 1. The van der Waals surface area contributed by atoms with Crippen molar-refractivity contribution in [3.63, 3.8) is 0 Å². The van der Waals surface area contributed by atoms with Gasteiger partial charge in [-0.1, -0.05) is 0 Å². The second-order valence-electron chi connectivity index (χ2n) is 3.41. The highest BCUT2D eigenvalue weighted by Crippen LogP contribution is 1.92. The summed E-state index contributed by atoms with van der Waals surface area (Å²) < 4.78 is 0. The maximum Gasteiger partial charge on any atom is 0.328 e. The fourth-order valence-electron chi connectivity index (χ4n) is 1.05. The van der Waals surface area contributed by atoms with Crippen molar-refractivity contribution in [3.05, 3.63) is 0 Å². The van der Waals surface area contributed by atoms with E-state index < -0.39 is 24.1 Å². The van der Waals surface area contributed by atoms with E-state index in [0.29, 0.717) is 6.54 Å². The highest BCUT2D eigenvalue weighted by atomic mass is 16.4. The smallest absolute Gasteiger partial charge is 0.328 e. The Hall–Kier alpha value is -1.34. The molecule has 0 bridgehead atoms. The summed E-state index contributed by atoms with van der Waals surface area (Å²) in [6, 6.07) is -1.88. The van der Waals surface area contributed by atoms with Gasteiger partial charge in [-0.2, -0.15) is 0 Å². The zero-order valence-corrected chi connectivity index (χ0v) is 9.49. The summed E-state index contributed by atoms with van der Waals surface area (Å²) in [5.74, 6) is -1.26. The lowest BCUT2D eigenvalue weighted by Gasteiger charge is -2.17. The predicted molar refractivity (Wildman–Crippen MR) is 58.2 cm³/mol. The molecule has 0 aromatic heterocycles. The number of aliphatic hydroxyl groups is 1. The Balaban J connectivity index is 3.87. The molecule has 0 heterocycles. The summed E-state index contributed by atoms with van der Waals surface area (Å²) in [6.45, 7) is 2.51. The number of aliphatic carboxylic acids is 1. The van der Waals surface area contributed by atoms with Crippen LogP contribution in [0.2, 0.25) is 0 Å². The first-order chi connectivity index (χ1) is 7.49. The SMILES string of the molecule is CNCCCNC(=O)N[C@H](C(=O)O)[C@@H](C)O. The lowest BCUT2D eigenvalue weighted by atomic mass is 10.2. The third-order valence-electron chi connectivity index (χ3n) is 1.92. The van der Waals surface area contributed by atoms with E-state index in [9.17, 15) is 9.59 Å². The third kappa shape index (κ3) is 6.20. The Kier molecular flexibility index (Phi) is 7.23. The summed E-state index contributed by atoms with van der Waals surface area (Å²) in [5.41, 5.74) is 0. The zero-order chi connectivity index (χ0) is 12.6. The van der Waals surface area contributed by atoms with Crippen LogP contribution in [0.25, 0.3) is 0 Å². The molecule has 2 atom stereocenters. The minimum absolute atomic E-state index is 0.443. The van der Waals surface area contributed by atoms with Crippen LogP contribution in [0.3, 0.4) is 0 Å². The van der Waals surface area contributed by atoms with Crippen LogP contribution in [0.5, 0.6) is 0 Å². The minimum Gasteiger partial charge on any atom is -0.480 e. The van der Waals surface area contributed by atoms with Gasteiger partial charge in [-0.05, 0) is 26.9 Å². The van der Waals surface area contributed by atoms with Crippen LogP contribution in [0.1, 0.15) is 13.3 Å². The molecule has 0 fully saturated rings. The lowest BCUT2D eigenvalue weighted by Crippen LogP contribution is -2.51. The van der Waals surface area contributed by atoms with Crippen LogP contribution in [0.15, 0.2) is 0 Å². The van der Waals surface area contributed by atoms with Crippen molar-refractivity contribution in [1.29, 1.82) is 0 Å². The largest absolute Gasteiger partial charge is 0.480 e. The van der Waals surface area contributed by atoms with E-state index in [1.807, 2.05) is 0 Å². The van der Waals surface area contributed by atoms with Crippen molar-refractivity contribution in [2.24, 2.45) is 0 Å². The molecule has 0 aromatic carbocycles. The van der Waals surface area contributed by atoms with E-state index in [1.54, 1.807) is 7.05 Å². The quantitative estimate of drug-likeness (QED) is 0.352. The molecule has 7 nitrogen and oxygen atoms in total. The van der Waals surface area contributed by atoms with Gasteiger partial charge in [0.2, 0.25) is 0 Å². The molecule has 0 spiro atoms. The van der Waals surface area contributed by atoms with Gasteiger partial charge >= 0.3 is 12.0 Å². The number of carbonyl (C=O) groups is 2. The highest BCUT2D eigenvalue weighted by Gasteiger charge is 2.24. The van der Waals surface area contributed by atoms with Crippen molar-refractivity contribution in [2.75, 3.05) is 20.1 Å². The van der Waals surface area contributed by atoms with Crippen LogP contribution in [0.4, 0.5) is 4.79 Å². The number of aliphatic hydroxyl groups excluding tert-OH is 1. The van der Waals surface area contributed by atoms with Crippen LogP contribution >= 0.6 is 0 Å². The number of hydrogen-bond acceptors (Lipinski definition) is 4. The summed E-state index contributed by atoms with van der Waals surface area (Å²) in [5, 5.41) is 25.4. The molecule has 0 rings (SSSR count). The first-order valence-electron chi connectivity index (χ1n) is 5.09. The normalized spacial score (nSPS) is 13.9. The molecule has 0 radical (unpaired) electrons. The van der Waals surface area contributed by atoms with Gasteiger partial charge in [0.15, 0.2) is 6.04 Å². The van der Waals surface area contributed by atoms with E-state index in [2.05, 4.69) is 16.0 Å². The molecule has 0 saturated carbocycles. The Bertz CT molecular complexity index is 233. The van der Waals surface area contributed by atoms with Crippen LogP contribution in [-0.2, 0) is 4.79 Å². The molecule has 0 aromatic rings. The van der Waals surface area contributed by atoms with E-state index >= 15 is 0 Å². The van der Waals surface area contributed by atoms with Crippen LogP contribution < -0.4 is 16.0 Å². The summed E-state index contributed by atoms with van der Waals surface area (Å²) in [6.07, 6.45) is -0.392. The Morgan fingerprint density at radius 2 is 1.94 bits per heavy atom. The fourth-order valence-corrected chi connectivity index (χ4v) is 1.05. The molecule has 2 amide bonds. The van der Waals surface area contributed by atoms with Gasteiger partial charge in [-0.3, -0.25) is 0 Å². The van der Waals surface area contributed by atoms with Crippen molar-refractivity contribution >= 4 is 12.0 Å². The van der Waals surface area contributed by atoms with E-state index in [1.165, 1.54) is 6.92 Å². The average Bonchev–Trinajstić information content (AvgIpc) is 2.20. The van der Waals surface area contributed by atoms with Gasteiger partial charge in [0.05, 0.1) is 6.10 Å². The van der Waals surface area contributed by atoms with Crippen molar-refractivity contribution < 1.29 is 19.8 Å². The van der Waals surface area contributed by atoms with Gasteiger partial charge in [0, 0.05) is 6.54 Å². The molecule has 0 saturated heterocycles. The topological polar surface area (TPSA) is 111 Å². The minimum atomic E-state index is -1.29. The number of carboxylic acid groups (broad SMARTS) is 1. The molecular formula is C9H19N3O4. The van der Waals surface area contributed by atoms with Gasteiger partial charge in [-0.25, -0.2) is 9.59 Å². The third-order valence-corrected chi connectivity index (χ3v) is 1.92. The number of amides is 2. The average molecular weight is 233 g/mol. The van der Waals surface area contributed by atoms with E-state index in [4.69, 9.17) is 10.2 Å². The number of carboxylic acids is 1. The molecular weight excluding hydrogens is 214 g/mol. The van der Waals surface area contributed by atoms with Crippen molar-refractivity contribution in [2.45, 2.75) is 25.5 Å². The Morgan fingerprint density at radius 1 is 1.31 bits per heavy atom. The number of hydrogen-bond donors (Lipinski definition) is 5. The van der Waals surface area contributed by atoms with Crippen molar-refractivity contribution in [3.8, 4) is 0 Å². The Labute approximate surface area is 94.2 Å². The number of rotatable bonds is 7. The van der Waals surface area contributed by atoms with Gasteiger partial charge in [0.25, 0.3) is 0 Å². The first kappa shape index (κ1) is 14.7. The summed E-state index contributed by atoms with van der Waals surface area (Å²) in [7, 11) is 1.80. The Morgan fingerprint density at radius 3 is 2.38 bits per heavy atom. The van der Waals surface area contributed by atoms with Crippen LogP contribution in [0, 0.1) is 0 Å². The number of urea groups is 1. The second kappa shape index (κ2) is 7.89. The van der Waals surface area contributed by atoms with E-state index in [-0.39, 0.29) is 0 Å². The first-order valence-corrected chi connectivity index (χ1v) is 5.09. The molecule has 7 heteroatoms. The van der Waals surface area contributed by atoms with E-state index in [0.717, 1.165) is 13.0 Å². The summed E-state index contributed by atoms with van der Waals surface area (Å²) >= 11 is 0. The summed E-state index contributed by atoms with van der Waals surface area (Å²) in [4.78, 5) is 21.8. The standard InChI is InChI=1S/C9H19N3O4/c1-6(13)7(8(14)15)12-9(16)11-5-3-4-10-2/h6-7,10,13H,3-5H2,1-2H3,(H,14,15)(H2,11,12,16)/t6-,7+/m1/s1. The second-order valence-corrected chi connectivity index (χ2v) is 3.41. The molecule has 5 N–H and O–H groups in total.